The molecule has 94 valence electrons. The first-order valence-corrected chi connectivity index (χ1v) is 7.00. The average Bonchev–Trinajstić information content (AvgIpc) is 2.44. The van der Waals surface area contributed by atoms with E-state index in [2.05, 4.69) is 0 Å². The van der Waals surface area contributed by atoms with Crippen molar-refractivity contribution in [1.82, 2.24) is 4.90 Å². The predicted molar refractivity (Wildman–Crippen MR) is 59.2 cm³/mol. The second-order valence-electron chi connectivity index (χ2n) is 3.94. The molecule has 0 radical (unpaired) electrons. The normalized spacial score (nSPS) is 21.8. The van der Waals surface area contributed by atoms with Crippen molar-refractivity contribution in [3.8, 4) is 0 Å². The van der Waals surface area contributed by atoms with Crippen molar-refractivity contribution in [2.75, 3.05) is 32.1 Å². The van der Waals surface area contributed by atoms with E-state index in [-0.39, 0.29) is 24.0 Å². The number of nitrogens with zero attached hydrogens (tertiary/aromatic N) is 1. The van der Waals surface area contributed by atoms with Crippen LogP contribution in [0.1, 0.15) is 13.3 Å². The molecule has 0 spiro atoms. The van der Waals surface area contributed by atoms with Crippen LogP contribution in [0.4, 0.5) is 0 Å². The zero-order valence-electron chi connectivity index (χ0n) is 9.39. The lowest BCUT2D eigenvalue weighted by Gasteiger charge is -2.15. The number of carbonyl (C=O) groups is 1. The Morgan fingerprint density at radius 3 is 2.81 bits per heavy atom. The van der Waals surface area contributed by atoms with E-state index in [4.69, 9.17) is 9.88 Å². The lowest BCUT2D eigenvalue weighted by atomic mass is 10.1. The van der Waals surface area contributed by atoms with Gasteiger partial charge in [-0.15, -0.1) is 0 Å². The standard InChI is InChI=1S/C9H18N2O4S/c1-2-15-4-3-11-6-8(5-9(11)12)7-16(10,13)14/h8H,2-7H2,1H3,(H2,10,13,14). The Morgan fingerprint density at radius 1 is 1.56 bits per heavy atom. The summed E-state index contributed by atoms with van der Waals surface area (Å²) in [5.41, 5.74) is 0. The van der Waals surface area contributed by atoms with Gasteiger partial charge < -0.3 is 9.64 Å². The maximum Gasteiger partial charge on any atom is 0.223 e. The largest absolute Gasteiger partial charge is 0.380 e. The molecule has 1 heterocycles. The van der Waals surface area contributed by atoms with E-state index in [1.807, 2.05) is 6.92 Å². The van der Waals surface area contributed by atoms with Crippen LogP contribution in [-0.4, -0.2) is 51.3 Å². The summed E-state index contributed by atoms with van der Waals surface area (Å²) in [6.45, 7) is 3.97. The highest BCUT2D eigenvalue weighted by Gasteiger charge is 2.31. The summed E-state index contributed by atoms with van der Waals surface area (Å²) in [5.74, 6) is -0.318. The molecule has 0 aromatic carbocycles. The maximum atomic E-state index is 11.5. The van der Waals surface area contributed by atoms with Gasteiger partial charge in [0.15, 0.2) is 0 Å². The number of hydrogen-bond acceptors (Lipinski definition) is 4. The van der Waals surface area contributed by atoms with E-state index in [1.165, 1.54) is 0 Å². The number of nitrogens with two attached hydrogens (primary N) is 1. The summed E-state index contributed by atoms with van der Waals surface area (Å²) >= 11 is 0. The summed E-state index contributed by atoms with van der Waals surface area (Å²) in [4.78, 5) is 13.1. The first kappa shape index (κ1) is 13.4. The van der Waals surface area contributed by atoms with Crippen molar-refractivity contribution in [1.29, 1.82) is 0 Å². The van der Waals surface area contributed by atoms with Crippen LogP contribution in [0.25, 0.3) is 0 Å². The van der Waals surface area contributed by atoms with Gasteiger partial charge >= 0.3 is 0 Å². The van der Waals surface area contributed by atoms with Crippen LogP contribution in [0, 0.1) is 5.92 Å². The molecule has 0 aromatic rings. The molecule has 0 aliphatic carbocycles. The molecule has 0 saturated carbocycles. The number of likely N-dealkylation sites (tertiary alicyclic amines) is 1. The van der Waals surface area contributed by atoms with Gasteiger partial charge in [-0.25, -0.2) is 13.6 Å². The molecule has 0 aromatic heterocycles. The molecule has 16 heavy (non-hydrogen) atoms. The Kier molecular flexibility index (Phi) is 4.69. The molecular weight excluding hydrogens is 232 g/mol. The van der Waals surface area contributed by atoms with Gasteiger partial charge in [0.25, 0.3) is 0 Å². The smallest absolute Gasteiger partial charge is 0.223 e. The zero-order chi connectivity index (χ0) is 12.2. The molecule has 1 aliphatic heterocycles. The molecule has 1 rings (SSSR count). The third-order valence-electron chi connectivity index (χ3n) is 2.47. The van der Waals surface area contributed by atoms with Crippen LogP contribution in [-0.2, 0) is 19.6 Å². The predicted octanol–water partition coefficient (Wildman–Crippen LogP) is -0.840. The van der Waals surface area contributed by atoms with Crippen LogP contribution in [0.5, 0.6) is 0 Å². The van der Waals surface area contributed by atoms with Crippen molar-refractivity contribution in [2.45, 2.75) is 13.3 Å². The lowest BCUT2D eigenvalue weighted by molar-refractivity contribution is -0.128. The lowest BCUT2D eigenvalue weighted by Crippen LogP contribution is -2.30. The van der Waals surface area contributed by atoms with E-state index >= 15 is 0 Å². The Bertz CT molecular complexity index is 341. The minimum absolute atomic E-state index is 0.0200. The Morgan fingerprint density at radius 2 is 2.25 bits per heavy atom. The Balaban J connectivity index is 2.38. The number of sulfonamides is 1. The SMILES string of the molecule is CCOCCN1CC(CS(N)(=O)=O)CC1=O. The summed E-state index contributed by atoms with van der Waals surface area (Å²) in [6, 6.07) is 0. The van der Waals surface area contributed by atoms with Crippen molar-refractivity contribution in [3.05, 3.63) is 0 Å². The number of rotatable bonds is 6. The number of ether oxygens (including phenoxy) is 1. The van der Waals surface area contributed by atoms with E-state index in [0.717, 1.165) is 0 Å². The van der Waals surface area contributed by atoms with Gasteiger partial charge in [0.1, 0.15) is 0 Å². The van der Waals surface area contributed by atoms with Gasteiger partial charge in [0, 0.05) is 32.0 Å². The summed E-state index contributed by atoms with van der Waals surface area (Å²) in [5, 5.41) is 4.95. The molecule has 1 amide bonds. The minimum atomic E-state index is -3.49. The number of carbonyl (C=O) groups excluding carboxylic acids is 1. The summed E-state index contributed by atoms with van der Waals surface area (Å²) in [6.07, 6.45) is 0.266. The molecular formula is C9H18N2O4S. The Hall–Kier alpha value is -0.660. The minimum Gasteiger partial charge on any atom is -0.380 e. The highest BCUT2D eigenvalue weighted by atomic mass is 32.2. The second kappa shape index (κ2) is 5.60. The van der Waals surface area contributed by atoms with Crippen LogP contribution in [0.3, 0.4) is 0 Å². The molecule has 6 nitrogen and oxygen atoms in total. The van der Waals surface area contributed by atoms with Crippen LogP contribution in [0.15, 0.2) is 0 Å². The third-order valence-corrected chi connectivity index (χ3v) is 3.41. The van der Waals surface area contributed by atoms with Gasteiger partial charge in [0.2, 0.25) is 15.9 Å². The molecule has 7 heteroatoms. The van der Waals surface area contributed by atoms with E-state index in [9.17, 15) is 13.2 Å². The van der Waals surface area contributed by atoms with E-state index in [1.54, 1.807) is 4.90 Å². The van der Waals surface area contributed by atoms with E-state index in [0.29, 0.717) is 26.3 Å². The number of hydrogen-bond donors (Lipinski definition) is 1. The van der Waals surface area contributed by atoms with Crippen LogP contribution >= 0.6 is 0 Å². The number of amides is 1. The van der Waals surface area contributed by atoms with Crippen LogP contribution < -0.4 is 5.14 Å². The van der Waals surface area contributed by atoms with Crippen LogP contribution in [0.2, 0.25) is 0 Å². The fraction of sp³-hybridized carbons (Fsp3) is 0.889. The van der Waals surface area contributed by atoms with Gasteiger partial charge in [0.05, 0.1) is 12.4 Å². The molecule has 1 fully saturated rings. The fourth-order valence-corrected chi connectivity index (χ4v) is 2.71. The van der Waals surface area contributed by atoms with Gasteiger partial charge in [-0.3, -0.25) is 4.79 Å². The molecule has 1 unspecified atom stereocenters. The van der Waals surface area contributed by atoms with Gasteiger partial charge in [-0.05, 0) is 6.92 Å². The number of primary sulfonamides is 1. The molecule has 2 N–H and O–H groups in total. The van der Waals surface area contributed by atoms with Crippen molar-refractivity contribution >= 4 is 15.9 Å². The third kappa shape index (κ3) is 4.46. The monoisotopic (exact) mass is 250 g/mol. The molecule has 1 atom stereocenters. The molecule has 0 bridgehead atoms. The van der Waals surface area contributed by atoms with Gasteiger partial charge in [-0.1, -0.05) is 0 Å². The highest BCUT2D eigenvalue weighted by molar-refractivity contribution is 7.89. The Labute approximate surface area is 95.8 Å². The van der Waals surface area contributed by atoms with Gasteiger partial charge in [-0.2, -0.15) is 0 Å². The highest BCUT2D eigenvalue weighted by Crippen LogP contribution is 2.18. The topological polar surface area (TPSA) is 89.7 Å². The first-order chi connectivity index (χ1) is 7.42. The molecule has 1 aliphatic rings. The summed E-state index contributed by atoms with van der Waals surface area (Å²) in [7, 11) is -3.49. The first-order valence-electron chi connectivity index (χ1n) is 5.28. The van der Waals surface area contributed by atoms with Crippen molar-refractivity contribution in [3.63, 3.8) is 0 Å². The van der Waals surface area contributed by atoms with Crippen molar-refractivity contribution < 1.29 is 17.9 Å². The average molecular weight is 250 g/mol. The molecule has 1 saturated heterocycles. The second-order valence-corrected chi connectivity index (χ2v) is 5.60. The quantitative estimate of drug-likeness (QED) is 0.622. The summed E-state index contributed by atoms with van der Waals surface area (Å²) < 4.78 is 26.9. The zero-order valence-corrected chi connectivity index (χ0v) is 10.2. The maximum absolute atomic E-state index is 11.5. The van der Waals surface area contributed by atoms with E-state index < -0.39 is 10.0 Å². The van der Waals surface area contributed by atoms with Crippen molar-refractivity contribution in [2.24, 2.45) is 11.1 Å². The fourth-order valence-electron chi connectivity index (χ4n) is 1.83.